The van der Waals surface area contributed by atoms with Crippen LogP contribution in [0, 0.1) is 6.92 Å². The molecule has 1 fully saturated rings. The molecule has 144 valence electrons. The third-order valence-corrected chi connectivity index (χ3v) is 6.11. The summed E-state index contributed by atoms with van der Waals surface area (Å²) in [5, 5.41) is 3.61. The molecule has 1 aromatic carbocycles. The Labute approximate surface area is 173 Å². The predicted molar refractivity (Wildman–Crippen MR) is 114 cm³/mol. The largest absolute Gasteiger partial charge is 0.368 e. The summed E-state index contributed by atoms with van der Waals surface area (Å²) in [6.07, 6.45) is 3.88. The minimum Gasteiger partial charge on any atom is -0.368 e. The van der Waals surface area contributed by atoms with E-state index < -0.39 is 0 Å². The molecular formula is C21H21ClN4OS. The lowest BCUT2D eigenvalue weighted by atomic mass is 10.1. The number of piperazine rings is 1. The van der Waals surface area contributed by atoms with E-state index in [4.69, 9.17) is 11.6 Å². The van der Waals surface area contributed by atoms with Crippen molar-refractivity contribution in [3.05, 3.63) is 64.4 Å². The van der Waals surface area contributed by atoms with Gasteiger partial charge in [0.1, 0.15) is 5.01 Å². The summed E-state index contributed by atoms with van der Waals surface area (Å²) in [5.41, 5.74) is 4.16. The van der Waals surface area contributed by atoms with Crippen LogP contribution in [0.2, 0.25) is 5.02 Å². The molecule has 0 atom stereocenters. The molecule has 3 heterocycles. The highest BCUT2D eigenvalue weighted by molar-refractivity contribution is 7.13. The van der Waals surface area contributed by atoms with Crippen molar-refractivity contribution in [3.63, 3.8) is 0 Å². The number of rotatable bonds is 4. The third-order valence-electron chi connectivity index (χ3n) is 4.94. The summed E-state index contributed by atoms with van der Waals surface area (Å²) in [4.78, 5) is 25.7. The van der Waals surface area contributed by atoms with Crippen molar-refractivity contribution in [1.29, 1.82) is 0 Å². The van der Waals surface area contributed by atoms with E-state index in [-0.39, 0.29) is 5.91 Å². The summed E-state index contributed by atoms with van der Waals surface area (Å²) in [6.45, 7) is 5.13. The highest BCUT2D eigenvalue weighted by Crippen LogP contribution is 2.26. The van der Waals surface area contributed by atoms with Crippen molar-refractivity contribution >= 4 is 34.5 Å². The molecule has 3 aromatic rings. The second kappa shape index (κ2) is 8.29. The standard InChI is InChI=1S/C21H21ClN4OS/c1-15-4-5-17(22)11-19(15)25-7-9-26(10-8-25)20(27)12-18-14-28-21(24-18)16-3-2-6-23-13-16/h2-6,11,13-14H,7-10,12H2,1H3. The maximum absolute atomic E-state index is 12.7. The monoisotopic (exact) mass is 412 g/mol. The summed E-state index contributed by atoms with van der Waals surface area (Å²) in [6, 6.07) is 9.83. The molecule has 1 aliphatic heterocycles. The van der Waals surface area contributed by atoms with Crippen LogP contribution in [0.25, 0.3) is 10.6 Å². The first-order chi connectivity index (χ1) is 13.6. The number of nitrogens with zero attached hydrogens (tertiary/aromatic N) is 4. The van der Waals surface area contributed by atoms with Crippen LogP contribution in [0.15, 0.2) is 48.1 Å². The quantitative estimate of drug-likeness (QED) is 0.648. The lowest BCUT2D eigenvalue weighted by molar-refractivity contribution is -0.130. The van der Waals surface area contributed by atoms with Gasteiger partial charge in [-0.25, -0.2) is 4.98 Å². The molecule has 1 amide bonds. The number of amides is 1. The lowest BCUT2D eigenvalue weighted by Crippen LogP contribution is -2.49. The smallest absolute Gasteiger partial charge is 0.228 e. The number of hydrogen-bond donors (Lipinski definition) is 0. The number of aryl methyl sites for hydroxylation is 1. The Bertz CT molecular complexity index is 968. The SMILES string of the molecule is Cc1ccc(Cl)cc1N1CCN(C(=O)Cc2csc(-c3cccnc3)n2)CC1. The first-order valence-corrected chi connectivity index (χ1v) is 10.5. The summed E-state index contributed by atoms with van der Waals surface area (Å²) in [5.74, 6) is 0.130. The van der Waals surface area contributed by atoms with Crippen LogP contribution in [0.4, 0.5) is 5.69 Å². The van der Waals surface area contributed by atoms with Crippen LogP contribution >= 0.6 is 22.9 Å². The first kappa shape index (κ1) is 18.9. The number of carbonyl (C=O) groups excluding carboxylic acids is 1. The zero-order chi connectivity index (χ0) is 19.5. The molecular weight excluding hydrogens is 392 g/mol. The van der Waals surface area contributed by atoms with Gasteiger partial charge in [-0.15, -0.1) is 11.3 Å². The molecule has 0 N–H and O–H groups in total. The normalized spacial score (nSPS) is 14.4. The maximum atomic E-state index is 12.7. The van der Waals surface area contributed by atoms with Gasteiger partial charge in [0.2, 0.25) is 5.91 Å². The van der Waals surface area contributed by atoms with E-state index in [1.807, 2.05) is 40.6 Å². The predicted octanol–water partition coefficient (Wildman–Crippen LogP) is 4.06. The van der Waals surface area contributed by atoms with Gasteiger partial charge >= 0.3 is 0 Å². The van der Waals surface area contributed by atoms with Crippen molar-refractivity contribution in [1.82, 2.24) is 14.9 Å². The van der Waals surface area contributed by atoms with Gasteiger partial charge in [-0.05, 0) is 36.8 Å². The van der Waals surface area contributed by atoms with Gasteiger partial charge in [0.15, 0.2) is 0 Å². The third kappa shape index (κ3) is 4.18. The molecule has 28 heavy (non-hydrogen) atoms. The Morgan fingerprint density at radius 1 is 1.21 bits per heavy atom. The molecule has 0 radical (unpaired) electrons. The number of aromatic nitrogens is 2. The number of benzene rings is 1. The van der Waals surface area contributed by atoms with Gasteiger partial charge < -0.3 is 9.80 Å². The molecule has 7 heteroatoms. The van der Waals surface area contributed by atoms with Crippen molar-refractivity contribution in [2.45, 2.75) is 13.3 Å². The second-order valence-electron chi connectivity index (χ2n) is 6.86. The van der Waals surface area contributed by atoms with E-state index in [9.17, 15) is 4.79 Å². The Balaban J connectivity index is 1.36. The number of pyridine rings is 1. The Morgan fingerprint density at radius 2 is 2.04 bits per heavy atom. The molecule has 1 saturated heterocycles. The molecule has 0 unspecified atom stereocenters. The number of thiazole rings is 1. The molecule has 0 spiro atoms. The molecule has 0 saturated carbocycles. The Morgan fingerprint density at radius 3 is 2.79 bits per heavy atom. The van der Waals surface area contributed by atoms with Crippen LogP contribution in [-0.4, -0.2) is 47.0 Å². The van der Waals surface area contributed by atoms with Crippen LogP contribution in [0.1, 0.15) is 11.3 Å². The topological polar surface area (TPSA) is 49.3 Å². The average molecular weight is 413 g/mol. The number of halogens is 1. The van der Waals surface area contributed by atoms with Gasteiger partial charge in [0.25, 0.3) is 0 Å². The molecule has 2 aromatic heterocycles. The molecule has 4 rings (SSSR count). The minimum atomic E-state index is 0.130. The molecule has 5 nitrogen and oxygen atoms in total. The first-order valence-electron chi connectivity index (χ1n) is 9.24. The number of carbonyl (C=O) groups is 1. The summed E-state index contributed by atoms with van der Waals surface area (Å²) >= 11 is 7.70. The van der Waals surface area contributed by atoms with Gasteiger partial charge in [-0.1, -0.05) is 17.7 Å². The highest BCUT2D eigenvalue weighted by Gasteiger charge is 2.23. The van der Waals surface area contributed by atoms with E-state index in [1.54, 1.807) is 23.7 Å². The van der Waals surface area contributed by atoms with Crippen molar-refractivity contribution in [3.8, 4) is 10.6 Å². The number of anilines is 1. The second-order valence-corrected chi connectivity index (χ2v) is 8.16. The van der Waals surface area contributed by atoms with Crippen molar-refractivity contribution in [2.75, 3.05) is 31.1 Å². The molecule has 0 bridgehead atoms. The van der Waals surface area contributed by atoms with Crippen LogP contribution in [0.5, 0.6) is 0 Å². The van der Waals surface area contributed by atoms with E-state index in [2.05, 4.69) is 21.8 Å². The van der Waals surface area contributed by atoms with Gasteiger partial charge in [0.05, 0.1) is 12.1 Å². The van der Waals surface area contributed by atoms with E-state index in [0.29, 0.717) is 19.5 Å². The summed E-state index contributed by atoms with van der Waals surface area (Å²) < 4.78 is 0. The van der Waals surface area contributed by atoms with Gasteiger partial charge in [-0.2, -0.15) is 0 Å². The van der Waals surface area contributed by atoms with Crippen molar-refractivity contribution in [2.24, 2.45) is 0 Å². The van der Waals surface area contributed by atoms with Gasteiger partial charge in [0, 0.05) is 60.2 Å². The fraction of sp³-hybridized carbons (Fsp3) is 0.286. The van der Waals surface area contributed by atoms with E-state index >= 15 is 0 Å². The highest BCUT2D eigenvalue weighted by atomic mass is 35.5. The number of hydrogen-bond acceptors (Lipinski definition) is 5. The fourth-order valence-electron chi connectivity index (χ4n) is 3.40. The van der Waals surface area contributed by atoms with Crippen LogP contribution in [-0.2, 0) is 11.2 Å². The average Bonchev–Trinajstić information content (AvgIpc) is 3.19. The van der Waals surface area contributed by atoms with Crippen LogP contribution < -0.4 is 4.90 Å². The fourth-order valence-corrected chi connectivity index (χ4v) is 4.37. The Kier molecular flexibility index (Phi) is 5.59. The van der Waals surface area contributed by atoms with E-state index in [0.717, 1.165) is 40.1 Å². The summed E-state index contributed by atoms with van der Waals surface area (Å²) in [7, 11) is 0. The van der Waals surface area contributed by atoms with E-state index in [1.165, 1.54) is 5.56 Å². The maximum Gasteiger partial charge on any atom is 0.228 e. The lowest BCUT2D eigenvalue weighted by Gasteiger charge is -2.36. The Hall–Kier alpha value is -2.44. The van der Waals surface area contributed by atoms with Crippen LogP contribution in [0.3, 0.4) is 0 Å². The molecule has 0 aliphatic carbocycles. The molecule has 1 aliphatic rings. The zero-order valence-electron chi connectivity index (χ0n) is 15.6. The van der Waals surface area contributed by atoms with Crippen molar-refractivity contribution < 1.29 is 4.79 Å². The zero-order valence-corrected chi connectivity index (χ0v) is 17.2. The van der Waals surface area contributed by atoms with Gasteiger partial charge in [-0.3, -0.25) is 9.78 Å². The minimum absolute atomic E-state index is 0.130.